The van der Waals surface area contributed by atoms with Crippen molar-refractivity contribution in [2.45, 2.75) is 52.1 Å². The van der Waals surface area contributed by atoms with E-state index >= 15 is 0 Å². The fraction of sp³-hybridized carbons (Fsp3) is 0.393. The Labute approximate surface area is 221 Å². The number of nitrogens with one attached hydrogen (secondary N) is 2. The van der Waals surface area contributed by atoms with Crippen molar-refractivity contribution in [3.8, 4) is 22.4 Å². The van der Waals surface area contributed by atoms with E-state index in [2.05, 4.69) is 25.6 Å². The van der Waals surface area contributed by atoms with Crippen LogP contribution in [0.2, 0.25) is 5.02 Å². The number of pyridine rings is 1. The van der Waals surface area contributed by atoms with Gasteiger partial charge in [-0.3, -0.25) is 14.3 Å². The molecule has 5 rings (SSSR count). The van der Waals surface area contributed by atoms with Crippen LogP contribution in [0.1, 0.15) is 38.3 Å². The van der Waals surface area contributed by atoms with Gasteiger partial charge in [0.25, 0.3) is 5.56 Å². The Hall–Kier alpha value is -3.36. The first-order valence-corrected chi connectivity index (χ1v) is 13.2. The SMILES string of the molecule is CCNc1ncc2cc(-c3ccc(-c4cncc(C)n4)cc3Cl)c(=O)n(CC3CCC(NC)CC3)c2n1. The van der Waals surface area contributed by atoms with Crippen LogP contribution in [0, 0.1) is 12.8 Å². The molecule has 0 bridgehead atoms. The molecule has 1 fully saturated rings. The lowest BCUT2D eigenvalue weighted by atomic mass is 9.86. The summed E-state index contributed by atoms with van der Waals surface area (Å²) in [6.45, 7) is 5.22. The minimum absolute atomic E-state index is 0.0885. The fourth-order valence-corrected chi connectivity index (χ4v) is 5.43. The predicted molar refractivity (Wildman–Crippen MR) is 149 cm³/mol. The monoisotopic (exact) mass is 517 g/mol. The molecular formula is C28H32ClN7O. The van der Waals surface area contributed by atoms with Gasteiger partial charge in [-0.1, -0.05) is 23.7 Å². The molecule has 192 valence electrons. The summed E-state index contributed by atoms with van der Waals surface area (Å²) in [7, 11) is 2.02. The van der Waals surface area contributed by atoms with Crippen molar-refractivity contribution in [1.82, 2.24) is 29.8 Å². The molecule has 1 aromatic carbocycles. The Morgan fingerprint density at radius 3 is 2.57 bits per heavy atom. The van der Waals surface area contributed by atoms with Gasteiger partial charge >= 0.3 is 0 Å². The van der Waals surface area contributed by atoms with Crippen molar-refractivity contribution >= 4 is 28.6 Å². The zero-order valence-corrected chi connectivity index (χ0v) is 22.2. The van der Waals surface area contributed by atoms with Crippen molar-refractivity contribution in [2.24, 2.45) is 5.92 Å². The van der Waals surface area contributed by atoms with Crippen LogP contribution < -0.4 is 16.2 Å². The molecule has 3 heterocycles. The van der Waals surface area contributed by atoms with Crippen LogP contribution in [0.3, 0.4) is 0 Å². The number of anilines is 1. The van der Waals surface area contributed by atoms with E-state index in [0.29, 0.717) is 52.8 Å². The highest BCUT2D eigenvalue weighted by Gasteiger charge is 2.23. The Kier molecular flexibility index (Phi) is 7.48. The van der Waals surface area contributed by atoms with E-state index in [-0.39, 0.29) is 5.56 Å². The molecule has 4 aromatic rings. The van der Waals surface area contributed by atoms with E-state index < -0.39 is 0 Å². The number of nitrogens with zero attached hydrogens (tertiary/aromatic N) is 5. The fourth-order valence-electron chi connectivity index (χ4n) is 5.15. The number of fused-ring (bicyclic) bond motifs is 1. The normalized spacial score (nSPS) is 17.7. The summed E-state index contributed by atoms with van der Waals surface area (Å²) in [5, 5.41) is 7.85. The molecule has 37 heavy (non-hydrogen) atoms. The maximum absolute atomic E-state index is 14.0. The predicted octanol–water partition coefficient (Wildman–Crippen LogP) is 5.09. The van der Waals surface area contributed by atoms with E-state index in [9.17, 15) is 4.79 Å². The third-order valence-electron chi connectivity index (χ3n) is 7.17. The first-order valence-electron chi connectivity index (χ1n) is 12.9. The van der Waals surface area contributed by atoms with Crippen LogP contribution in [0.5, 0.6) is 0 Å². The first-order chi connectivity index (χ1) is 18.0. The van der Waals surface area contributed by atoms with E-state index in [4.69, 9.17) is 16.6 Å². The molecule has 1 aliphatic rings. The van der Waals surface area contributed by atoms with Gasteiger partial charge in [0.2, 0.25) is 5.95 Å². The summed E-state index contributed by atoms with van der Waals surface area (Å²) in [5.74, 6) is 0.937. The van der Waals surface area contributed by atoms with Crippen molar-refractivity contribution in [3.05, 3.63) is 63.9 Å². The second kappa shape index (κ2) is 10.9. The highest BCUT2D eigenvalue weighted by molar-refractivity contribution is 6.33. The number of aromatic nitrogens is 5. The Morgan fingerprint density at radius 1 is 1.05 bits per heavy atom. The van der Waals surface area contributed by atoms with Crippen LogP contribution in [0.15, 0.2) is 47.7 Å². The second-order valence-electron chi connectivity index (χ2n) is 9.72. The Balaban J connectivity index is 1.58. The molecule has 0 spiro atoms. The summed E-state index contributed by atoms with van der Waals surface area (Å²) in [6.07, 6.45) is 9.57. The number of rotatable bonds is 7. The van der Waals surface area contributed by atoms with Gasteiger partial charge in [0.1, 0.15) is 5.65 Å². The lowest BCUT2D eigenvalue weighted by Gasteiger charge is -2.29. The summed E-state index contributed by atoms with van der Waals surface area (Å²) in [6, 6.07) is 8.07. The minimum Gasteiger partial charge on any atom is -0.354 e. The topological polar surface area (TPSA) is 97.6 Å². The smallest absolute Gasteiger partial charge is 0.260 e. The van der Waals surface area contributed by atoms with Crippen molar-refractivity contribution in [2.75, 3.05) is 18.9 Å². The van der Waals surface area contributed by atoms with Gasteiger partial charge in [-0.25, -0.2) is 9.97 Å². The van der Waals surface area contributed by atoms with Crippen molar-refractivity contribution < 1.29 is 0 Å². The molecule has 2 N–H and O–H groups in total. The van der Waals surface area contributed by atoms with Crippen LogP contribution in [0.25, 0.3) is 33.4 Å². The molecule has 1 saturated carbocycles. The number of aryl methyl sites for hydroxylation is 1. The van der Waals surface area contributed by atoms with E-state index in [1.807, 2.05) is 49.7 Å². The average molecular weight is 518 g/mol. The summed E-state index contributed by atoms with van der Waals surface area (Å²) >= 11 is 6.77. The third-order valence-corrected chi connectivity index (χ3v) is 7.48. The molecule has 3 aromatic heterocycles. The number of halogens is 1. The first kappa shape index (κ1) is 25.3. The number of hydrogen-bond donors (Lipinski definition) is 2. The van der Waals surface area contributed by atoms with Crippen molar-refractivity contribution in [1.29, 1.82) is 0 Å². The highest BCUT2D eigenvalue weighted by Crippen LogP contribution is 2.32. The molecule has 0 amide bonds. The second-order valence-corrected chi connectivity index (χ2v) is 10.1. The largest absolute Gasteiger partial charge is 0.354 e. The summed E-state index contributed by atoms with van der Waals surface area (Å²) in [5.41, 5.74) is 4.21. The standard InChI is InChI=1S/C28H32ClN7O/c1-4-32-28-33-14-20-11-23(22-10-7-19(12-24(22)29)25-15-31-13-17(2)34-25)27(37)36(26(20)35-28)16-18-5-8-21(30-3)9-6-18/h7,10-15,18,21,30H,4-6,8-9,16H2,1-3H3,(H,32,33,35). The molecule has 8 nitrogen and oxygen atoms in total. The lowest BCUT2D eigenvalue weighted by molar-refractivity contribution is 0.275. The average Bonchev–Trinajstić information content (AvgIpc) is 2.91. The van der Waals surface area contributed by atoms with Gasteiger partial charge < -0.3 is 10.6 Å². The van der Waals surface area contributed by atoms with Gasteiger partial charge in [0.15, 0.2) is 0 Å². The van der Waals surface area contributed by atoms with Crippen LogP contribution in [0.4, 0.5) is 5.95 Å². The van der Waals surface area contributed by atoms with E-state index in [0.717, 1.165) is 48.0 Å². The summed E-state index contributed by atoms with van der Waals surface area (Å²) in [4.78, 5) is 31.9. The Bertz CT molecular complexity index is 1480. The van der Waals surface area contributed by atoms with E-state index in [1.54, 1.807) is 18.6 Å². The molecule has 0 atom stereocenters. The van der Waals surface area contributed by atoms with Gasteiger partial charge in [-0.15, -0.1) is 0 Å². The third kappa shape index (κ3) is 5.36. The van der Waals surface area contributed by atoms with Crippen LogP contribution >= 0.6 is 11.6 Å². The van der Waals surface area contributed by atoms with E-state index in [1.165, 1.54) is 0 Å². The quantitative estimate of drug-likeness (QED) is 0.352. The molecule has 0 unspecified atom stereocenters. The minimum atomic E-state index is -0.0885. The van der Waals surface area contributed by atoms with Crippen LogP contribution in [-0.4, -0.2) is 44.1 Å². The zero-order valence-electron chi connectivity index (χ0n) is 21.5. The van der Waals surface area contributed by atoms with Gasteiger partial charge in [0, 0.05) is 58.6 Å². The van der Waals surface area contributed by atoms with Gasteiger partial charge in [-0.05, 0) is 64.6 Å². The lowest BCUT2D eigenvalue weighted by Crippen LogP contribution is -2.33. The summed E-state index contributed by atoms with van der Waals surface area (Å²) < 4.78 is 1.83. The molecule has 0 radical (unpaired) electrons. The van der Waals surface area contributed by atoms with Crippen LogP contribution in [-0.2, 0) is 6.54 Å². The maximum Gasteiger partial charge on any atom is 0.260 e. The molecule has 9 heteroatoms. The van der Waals surface area contributed by atoms with Crippen molar-refractivity contribution in [3.63, 3.8) is 0 Å². The number of benzene rings is 1. The highest BCUT2D eigenvalue weighted by atomic mass is 35.5. The molecule has 1 aliphatic carbocycles. The molecular weight excluding hydrogens is 486 g/mol. The maximum atomic E-state index is 14.0. The zero-order chi connectivity index (χ0) is 25.9. The molecule has 0 saturated heterocycles. The van der Waals surface area contributed by atoms with Gasteiger partial charge in [-0.2, -0.15) is 4.98 Å². The number of hydrogen-bond acceptors (Lipinski definition) is 7. The Morgan fingerprint density at radius 2 is 1.86 bits per heavy atom. The van der Waals surface area contributed by atoms with Gasteiger partial charge in [0.05, 0.1) is 17.6 Å². The molecule has 0 aliphatic heterocycles.